The summed E-state index contributed by atoms with van der Waals surface area (Å²) < 4.78 is 11.1. The number of carbonyl (C=O) groups excluding carboxylic acids is 2. The van der Waals surface area contributed by atoms with E-state index in [2.05, 4.69) is 10.2 Å². The van der Waals surface area contributed by atoms with Crippen molar-refractivity contribution >= 4 is 23.2 Å². The van der Waals surface area contributed by atoms with Crippen molar-refractivity contribution in [3.05, 3.63) is 88.0 Å². The fraction of sp³-hybridized carbons (Fsp3) is 0.0435. The van der Waals surface area contributed by atoms with E-state index in [1.165, 1.54) is 12.1 Å². The van der Waals surface area contributed by atoms with Crippen molar-refractivity contribution in [2.24, 2.45) is 0 Å². The molecule has 2 heterocycles. The van der Waals surface area contributed by atoms with Gasteiger partial charge in [-0.15, -0.1) is 10.2 Å². The van der Waals surface area contributed by atoms with Gasteiger partial charge in [0.1, 0.15) is 5.75 Å². The third kappa shape index (κ3) is 3.30. The highest BCUT2D eigenvalue weighted by Gasteiger charge is 2.37. The second kappa shape index (κ2) is 7.68. The first-order chi connectivity index (χ1) is 16.0. The summed E-state index contributed by atoms with van der Waals surface area (Å²) in [6, 6.07) is 17.3. The fourth-order valence-corrected chi connectivity index (χ4v) is 3.60. The summed E-state index contributed by atoms with van der Waals surface area (Å²) in [6.07, 6.45) is 0. The van der Waals surface area contributed by atoms with E-state index in [1.54, 1.807) is 43.5 Å². The zero-order valence-electron chi connectivity index (χ0n) is 17.1. The van der Waals surface area contributed by atoms with E-state index >= 15 is 0 Å². The van der Waals surface area contributed by atoms with E-state index in [0.717, 1.165) is 11.0 Å². The number of nitro groups is 1. The number of benzene rings is 3. The van der Waals surface area contributed by atoms with Gasteiger partial charge in [0, 0.05) is 17.7 Å². The van der Waals surface area contributed by atoms with Crippen LogP contribution >= 0.6 is 0 Å². The molecule has 1 aromatic heterocycles. The molecule has 33 heavy (non-hydrogen) atoms. The van der Waals surface area contributed by atoms with Crippen LogP contribution in [0.4, 0.5) is 11.4 Å². The number of anilines is 1. The summed E-state index contributed by atoms with van der Waals surface area (Å²) in [5.74, 6) is -0.0422. The third-order valence-corrected chi connectivity index (χ3v) is 5.22. The highest BCUT2D eigenvalue weighted by atomic mass is 16.6. The number of aromatic nitrogens is 2. The summed E-state index contributed by atoms with van der Waals surface area (Å²) in [6.45, 7) is 0. The standard InChI is InChI=1S/C23H14N4O6/c1-32-19-5-3-2-4-17(19)21-25-24-20(33-21)13-6-8-14(9-7-13)26-22(28)16-11-10-15(27(30)31)12-18(16)23(26)29/h2-12H,1H3. The average Bonchev–Trinajstić information content (AvgIpc) is 3.42. The molecule has 1 aliphatic rings. The number of fused-ring (bicyclic) bond motifs is 1. The molecule has 3 aromatic carbocycles. The van der Waals surface area contributed by atoms with E-state index in [0.29, 0.717) is 22.6 Å². The Morgan fingerprint density at radius 3 is 2.30 bits per heavy atom. The van der Waals surface area contributed by atoms with Gasteiger partial charge in [-0.05, 0) is 42.5 Å². The molecule has 0 saturated heterocycles. The van der Waals surface area contributed by atoms with Gasteiger partial charge >= 0.3 is 0 Å². The molecule has 0 fully saturated rings. The van der Waals surface area contributed by atoms with E-state index < -0.39 is 16.7 Å². The van der Waals surface area contributed by atoms with E-state index in [4.69, 9.17) is 9.15 Å². The number of carbonyl (C=O) groups is 2. The molecule has 0 N–H and O–H groups in total. The molecule has 10 heteroatoms. The summed E-state index contributed by atoms with van der Waals surface area (Å²) in [7, 11) is 1.55. The first-order valence-electron chi connectivity index (χ1n) is 9.72. The second-order valence-electron chi connectivity index (χ2n) is 7.09. The summed E-state index contributed by atoms with van der Waals surface area (Å²) in [5, 5.41) is 19.2. The molecule has 5 rings (SSSR count). The highest BCUT2D eigenvalue weighted by Crippen LogP contribution is 2.33. The van der Waals surface area contributed by atoms with E-state index in [9.17, 15) is 19.7 Å². The lowest BCUT2D eigenvalue weighted by molar-refractivity contribution is -0.384. The maximum atomic E-state index is 12.8. The molecule has 10 nitrogen and oxygen atoms in total. The predicted octanol–water partition coefficient (Wildman–Crippen LogP) is 4.12. The molecule has 0 radical (unpaired) electrons. The number of hydrogen-bond acceptors (Lipinski definition) is 8. The lowest BCUT2D eigenvalue weighted by atomic mass is 10.1. The minimum atomic E-state index is -0.623. The first-order valence-corrected chi connectivity index (χ1v) is 9.72. The first kappa shape index (κ1) is 20.1. The van der Waals surface area contributed by atoms with Gasteiger partial charge in [-0.25, -0.2) is 4.90 Å². The monoisotopic (exact) mass is 442 g/mol. The van der Waals surface area contributed by atoms with Crippen molar-refractivity contribution in [1.29, 1.82) is 0 Å². The Hall–Kier alpha value is -4.86. The lowest BCUT2D eigenvalue weighted by Gasteiger charge is -2.13. The quantitative estimate of drug-likeness (QED) is 0.256. The zero-order valence-corrected chi connectivity index (χ0v) is 17.1. The predicted molar refractivity (Wildman–Crippen MR) is 116 cm³/mol. The van der Waals surface area contributed by atoms with Crippen molar-refractivity contribution in [1.82, 2.24) is 10.2 Å². The van der Waals surface area contributed by atoms with Gasteiger partial charge in [-0.1, -0.05) is 12.1 Å². The molecule has 162 valence electrons. The largest absolute Gasteiger partial charge is 0.496 e. The van der Waals surface area contributed by atoms with Crippen LogP contribution in [0.5, 0.6) is 5.75 Å². The number of imide groups is 1. The Morgan fingerprint density at radius 2 is 1.58 bits per heavy atom. The van der Waals surface area contributed by atoms with Crippen LogP contribution in [-0.4, -0.2) is 34.0 Å². The van der Waals surface area contributed by atoms with Crippen LogP contribution < -0.4 is 9.64 Å². The number of rotatable bonds is 5. The van der Waals surface area contributed by atoms with Gasteiger partial charge in [-0.3, -0.25) is 19.7 Å². The maximum absolute atomic E-state index is 12.8. The number of nitrogens with zero attached hydrogens (tertiary/aromatic N) is 4. The number of methoxy groups -OCH3 is 1. The average molecular weight is 442 g/mol. The second-order valence-corrected chi connectivity index (χ2v) is 7.09. The van der Waals surface area contributed by atoms with Crippen molar-refractivity contribution in [3.8, 4) is 28.7 Å². The van der Waals surface area contributed by atoms with Gasteiger partial charge in [0.15, 0.2) is 0 Å². The summed E-state index contributed by atoms with van der Waals surface area (Å²) >= 11 is 0. The van der Waals surface area contributed by atoms with Crippen LogP contribution in [0.25, 0.3) is 22.9 Å². The minimum Gasteiger partial charge on any atom is -0.496 e. The zero-order chi connectivity index (χ0) is 23.1. The number of hydrogen-bond donors (Lipinski definition) is 0. The molecule has 1 aliphatic heterocycles. The normalized spacial score (nSPS) is 12.7. The topological polar surface area (TPSA) is 129 Å². The Labute approximate surface area is 186 Å². The summed E-state index contributed by atoms with van der Waals surface area (Å²) in [4.78, 5) is 36.9. The van der Waals surface area contributed by atoms with Gasteiger partial charge in [0.2, 0.25) is 5.89 Å². The molecule has 0 unspecified atom stereocenters. The van der Waals surface area contributed by atoms with Gasteiger partial charge in [0.05, 0.1) is 34.4 Å². The molecule has 0 aliphatic carbocycles. The van der Waals surface area contributed by atoms with Crippen LogP contribution in [0.3, 0.4) is 0 Å². The Morgan fingerprint density at radius 1 is 0.879 bits per heavy atom. The highest BCUT2D eigenvalue weighted by molar-refractivity contribution is 6.34. The van der Waals surface area contributed by atoms with Crippen LogP contribution in [0, 0.1) is 10.1 Å². The molecule has 0 bridgehead atoms. The van der Waals surface area contributed by atoms with Crippen LogP contribution in [0.15, 0.2) is 71.1 Å². The molecular weight excluding hydrogens is 428 g/mol. The maximum Gasteiger partial charge on any atom is 0.270 e. The van der Waals surface area contributed by atoms with E-state index in [-0.39, 0.29) is 28.6 Å². The SMILES string of the molecule is COc1ccccc1-c1nnc(-c2ccc(N3C(=O)c4ccc([N+](=O)[O-])cc4C3=O)cc2)o1. The van der Waals surface area contributed by atoms with Crippen molar-refractivity contribution < 1.29 is 23.7 Å². The lowest BCUT2D eigenvalue weighted by Crippen LogP contribution is -2.29. The van der Waals surface area contributed by atoms with Crippen LogP contribution in [0.2, 0.25) is 0 Å². The number of ether oxygens (including phenoxy) is 1. The van der Waals surface area contributed by atoms with Crippen LogP contribution in [-0.2, 0) is 0 Å². The number of para-hydroxylation sites is 1. The van der Waals surface area contributed by atoms with E-state index in [1.807, 2.05) is 12.1 Å². The minimum absolute atomic E-state index is 0.00312. The van der Waals surface area contributed by atoms with Gasteiger partial charge in [-0.2, -0.15) is 0 Å². The fourth-order valence-electron chi connectivity index (χ4n) is 3.60. The smallest absolute Gasteiger partial charge is 0.270 e. The van der Waals surface area contributed by atoms with Gasteiger partial charge in [0.25, 0.3) is 23.4 Å². The molecule has 0 saturated carbocycles. The molecular formula is C23H14N4O6. The number of non-ortho nitro benzene ring substituents is 1. The number of nitro benzene ring substituents is 1. The van der Waals surface area contributed by atoms with Crippen molar-refractivity contribution in [2.45, 2.75) is 0 Å². The third-order valence-electron chi connectivity index (χ3n) is 5.22. The van der Waals surface area contributed by atoms with Crippen molar-refractivity contribution in [2.75, 3.05) is 12.0 Å². The van der Waals surface area contributed by atoms with Crippen LogP contribution in [0.1, 0.15) is 20.7 Å². The molecule has 4 aromatic rings. The van der Waals surface area contributed by atoms with Gasteiger partial charge < -0.3 is 9.15 Å². The Kier molecular flexibility index (Phi) is 4.67. The number of amides is 2. The Balaban J connectivity index is 1.43. The summed E-state index contributed by atoms with van der Waals surface area (Å²) in [5.41, 5.74) is 1.41. The van der Waals surface area contributed by atoms with Crippen molar-refractivity contribution in [3.63, 3.8) is 0 Å². The molecule has 0 atom stereocenters. The molecule has 2 amide bonds. The Bertz CT molecular complexity index is 1430. The molecule has 0 spiro atoms.